The minimum absolute atomic E-state index is 0.349. The topological polar surface area (TPSA) is 55.6 Å². The van der Waals surface area contributed by atoms with Gasteiger partial charge in [-0.25, -0.2) is 9.78 Å². The van der Waals surface area contributed by atoms with Crippen molar-refractivity contribution in [3.8, 4) is 0 Å². The molecule has 0 fully saturated rings. The molecule has 0 aromatic carbocycles. The molecule has 0 aliphatic carbocycles. The van der Waals surface area contributed by atoms with Crippen LogP contribution in [0.3, 0.4) is 0 Å². The highest BCUT2D eigenvalue weighted by atomic mass is 16.5. The van der Waals surface area contributed by atoms with Crippen LogP contribution in [0.1, 0.15) is 19.5 Å². The summed E-state index contributed by atoms with van der Waals surface area (Å²) in [6, 6.07) is 5.90. The molecule has 0 atom stereocenters. The predicted octanol–water partition coefficient (Wildman–Crippen LogP) is 2.52. The van der Waals surface area contributed by atoms with Gasteiger partial charge in [-0.05, 0) is 32.9 Å². The highest BCUT2D eigenvalue weighted by Crippen LogP contribution is 2.16. The third kappa shape index (κ3) is 2.93. The number of rotatable bonds is 4. The smallest absolute Gasteiger partial charge is 0.332 e. The molecule has 0 saturated heterocycles. The quantitative estimate of drug-likeness (QED) is 0.677. The monoisotopic (exact) mass is 259 g/mol. The minimum Gasteiger partial charge on any atom is -0.463 e. The number of anilines is 1. The molecular weight excluding hydrogens is 242 g/mol. The van der Waals surface area contributed by atoms with E-state index in [0.717, 1.165) is 17.2 Å². The van der Waals surface area contributed by atoms with Gasteiger partial charge in [0.1, 0.15) is 11.5 Å². The van der Waals surface area contributed by atoms with Gasteiger partial charge in [-0.1, -0.05) is 6.07 Å². The van der Waals surface area contributed by atoms with Gasteiger partial charge in [0.05, 0.1) is 12.8 Å². The second-order valence-corrected chi connectivity index (χ2v) is 4.21. The number of carbonyl (C=O) groups excluding carboxylic acids is 1. The number of nitrogens with zero attached hydrogens (tertiary/aromatic N) is 2. The summed E-state index contributed by atoms with van der Waals surface area (Å²) in [5.74, 6) is 0.476. The zero-order valence-corrected chi connectivity index (χ0v) is 11.3. The summed E-state index contributed by atoms with van der Waals surface area (Å²) in [5, 5.41) is 3.16. The Balaban J connectivity index is 2.24. The summed E-state index contributed by atoms with van der Waals surface area (Å²) >= 11 is 0. The second kappa shape index (κ2) is 5.56. The van der Waals surface area contributed by atoms with E-state index in [9.17, 15) is 4.79 Å². The molecule has 2 aromatic heterocycles. The van der Waals surface area contributed by atoms with Crippen LogP contribution in [0.5, 0.6) is 0 Å². The number of hydrogen-bond acceptors (Lipinski definition) is 4. The molecule has 0 saturated carbocycles. The predicted molar refractivity (Wildman–Crippen MR) is 73.9 cm³/mol. The molecule has 100 valence electrons. The first kappa shape index (κ1) is 13.1. The van der Waals surface area contributed by atoms with Crippen LogP contribution in [0, 0.1) is 6.92 Å². The van der Waals surface area contributed by atoms with E-state index >= 15 is 0 Å². The van der Waals surface area contributed by atoms with Gasteiger partial charge in [-0.3, -0.25) is 4.40 Å². The number of allylic oxidation sites excluding steroid dienone is 1. The van der Waals surface area contributed by atoms with Gasteiger partial charge in [0, 0.05) is 17.5 Å². The van der Waals surface area contributed by atoms with Gasteiger partial charge in [-0.15, -0.1) is 0 Å². The third-order valence-electron chi connectivity index (χ3n) is 2.67. The second-order valence-electron chi connectivity index (χ2n) is 4.21. The van der Waals surface area contributed by atoms with Crippen LogP contribution in [0.15, 0.2) is 36.2 Å². The van der Waals surface area contributed by atoms with Crippen LogP contribution in [0.25, 0.3) is 5.65 Å². The zero-order chi connectivity index (χ0) is 13.8. The molecular formula is C14H17N3O2. The Morgan fingerprint density at radius 2 is 2.32 bits per heavy atom. The standard InChI is InChI=1S/C14H17N3O2/c1-4-19-14(18)8-10(2)16-13-9-15-12-7-5-6-11(3)17(12)13/h5-9,16H,4H2,1-3H3/b10-8+. The summed E-state index contributed by atoms with van der Waals surface area (Å²) in [4.78, 5) is 15.7. The van der Waals surface area contributed by atoms with Crippen molar-refractivity contribution in [2.24, 2.45) is 0 Å². The Morgan fingerprint density at radius 1 is 1.53 bits per heavy atom. The van der Waals surface area contributed by atoms with Gasteiger partial charge in [0.25, 0.3) is 0 Å². The van der Waals surface area contributed by atoms with E-state index in [4.69, 9.17) is 4.74 Å². The Hall–Kier alpha value is -2.30. The number of aromatic nitrogens is 2. The summed E-state index contributed by atoms with van der Waals surface area (Å²) in [6.45, 7) is 5.97. The van der Waals surface area contributed by atoms with Crippen molar-refractivity contribution in [3.05, 3.63) is 41.9 Å². The molecule has 0 spiro atoms. The lowest BCUT2D eigenvalue weighted by Gasteiger charge is -2.08. The van der Waals surface area contributed by atoms with Crippen molar-refractivity contribution < 1.29 is 9.53 Å². The molecule has 0 unspecified atom stereocenters. The molecule has 0 aliphatic heterocycles. The Bertz CT molecular complexity index is 629. The number of fused-ring (bicyclic) bond motifs is 1. The highest BCUT2D eigenvalue weighted by molar-refractivity contribution is 5.83. The Kier molecular flexibility index (Phi) is 3.85. The fraction of sp³-hybridized carbons (Fsp3) is 0.286. The Labute approximate surface area is 111 Å². The van der Waals surface area contributed by atoms with E-state index in [1.165, 1.54) is 6.08 Å². The van der Waals surface area contributed by atoms with Crippen molar-refractivity contribution in [1.29, 1.82) is 0 Å². The van der Waals surface area contributed by atoms with Crippen molar-refractivity contribution in [2.45, 2.75) is 20.8 Å². The Morgan fingerprint density at radius 3 is 3.05 bits per heavy atom. The normalized spacial score (nSPS) is 11.6. The first-order valence-electron chi connectivity index (χ1n) is 6.17. The molecule has 1 N–H and O–H groups in total. The van der Waals surface area contributed by atoms with Crippen LogP contribution < -0.4 is 5.32 Å². The average Bonchev–Trinajstić information content (AvgIpc) is 2.74. The number of aryl methyl sites for hydroxylation is 1. The number of ether oxygens (including phenoxy) is 1. The summed E-state index contributed by atoms with van der Waals surface area (Å²) < 4.78 is 6.85. The van der Waals surface area contributed by atoms with E-state index in [0.29, 0.717) is 12.3 Å². The van der Waals surface area contributed by atoms with E-state index < -0.39 is 0 Å². The van der Waals surface area contributed by atoms with E-state index in [2.05, 4.69) is 10.3 Å². The number of pyridine rings is 1. The molecule has 19 heavy (non-hydrogen) atoms. The molecule has 0 aliphatic rings. The van der Waals surface area contributed by atoms with E-state index in [-0.39, 0.29) is 5.97 Å². The summed E-state index contributed by atoms with van der Waals surface area (Å²) in [6.07, 6.45) is 3.17. The molecule has 5 heteroatoms. The average molecular weight is 259 g/mol. The van der Waals surface area contributed by atoms with Crippen LogP contribution in [-0.2, 0) is 9.53 Å². The largest absolute Gasteiger partial charge is 0.463 e. The van der Waals surface area contributed by atoms with Crippen LogP contribution >= 0.6 is 0 Å². The van der Waals surface area contributed by atoms with Crippen molar-refractivity contribution in [3.63, 3.8) is 0 Å². The lowest BCUT2D eigenvalue weighted by Crippen LogP contribution is -2.06. The van der Waals surface area contributed by atoms with Crippen molar-refractivity contribution in [2.75, 3.05) is 11.9 Å². The van der Waals surface area contributed by atoms with Gasteiger partial charge in [0.2, 0.25) is 0 Å². The van der Waals surface area contributed by atoms with Crippen LogP contribution in [0.2, 0.25) is 0 Å². The first-order valence-corrected chi connectivity index (χ1v) is 6.17. The molecule has 0 radical (unpaired) electrons. The summed E-state index contributed by atoms with van der Waals surface area (Å²) in [7, 11) is 0. The van der Waals surface area contributed by atoms with Gasteiger partial charge < -0.3 is 10.1 Å². The number of carbonyl (C=O) groups is 1. The van der Waals surface area contributed by atoms with Gasteiger partial charge in [0.15, 0.2) is 0 Å². The maximum absolute atomic E-state index is 11.4. The summed E-state index contributed by atoms with van der Waals surface area (Å²) in [5.41, 5.74) is 2.65. The maximum atomic E-state index is 11.4. The lowest BCUT2D eigenvalue weighted by molar-refractivity contribution is -0.137. The maximum Gasteiger partial charge on any atom is 0.332 e. The third-order valence-corrected chi connectivity index (χ3v) is 2.67. The van der Waals surface area contributed by atoms with Crippen LogP contribution in [0.4, 0.5) is 5.82 Å². The molecule has 2 rings (SSSR count). The number of hydrogen-bond donors (Lipinski definition) is 1. The molecule has 2 aromatic rings. The van der Waals surface area contributed by atoms with Crippen LogP contribution in [-0.4, -0.2) is 22.0 Å². The minimum atomic E-state index is -0.349. The zero-order valence-electron chi connectivity index (χ0n) is 11.3. The number of nitrogens with one attached hydrogen (secondary N) is 1. The molecule has 2 heterocycles. The molecule has 5 nitrogen and oxygen atoms in total. The van der Waals surface area contributed by atoms with E-state index in [1.807, 2.05) is 36.4 Å². The van der Waals surface area contributed by atoms with Gasteiger partial charge in [-0.2, -0.15) is 0 Å². The number of imidazole rings is 1. The number of esters is 1. The van der Waals surface area contributed by atoms with E-state index in [1.54, 1.807) is 13.1 Å². The fourth-order valence-electron chi connectivity index (χ4n) is 1.89. The SMILES string of the molecule is CCOC(=O)/C=C(\C)Nc1cnc2cccc(C)n12. The lowest BCUT2D eigenvalue weighted by atomic mass is 10.3. The fourth-order valence-corrected chi connectivity index (χ4v) is 1.89. The van der Waals surface area contributed by atoms with Gasteiger partial charge >= 0.3 is 5.97 Å². The molecule has 0 bridgehead atoms. The highest BCUT2D eigenvalue weighted by Gasteiger charge is 2.05. The molecule has 0 amide bonds. The van der Waals surface area contributed by atoms with Crippen molar-refractivity contribution >= 4 is 17.4 Å². The first-order chi connectivity index (χ1) is 9.11. The van der Waals surface area contributed by atoms with Crippen molar-refractivity contribution in [1.82, 2.24) is 9.38 Å².